The van der Waals surface area contributed by atoms with E-state index in [-0.39, 0.29) is 11.7 Å². The minimum absolute atomic E-state index is 0.00153. The van der Waals surface area contributed by atoms with Crippen LogP contribution in [0.5, 0.6) is 0 Å². The van der Waals surface area contributed by atoms with Crippen LogP contribution < -0.4 is 5.32 Å². The fourth-order valence-corrected chi connectivity index (χ4v) is 1.73. The van der Waals surface area contributed by atoms with Gasteiger partial charge in [-0.2, -0.15) is 0 Å². The molecule has 0 bridgehead atoms. The molecule has 0 aromatic heterocycles. The molecule has 68 valence electrons. The maximum atomic E-state index is 11.6. The van der Waals surface area contributed by atoms with Gasteiger partial charge in [0, 0.05) is 6.42 Å². The third-order valence-electron chi connectivity index (χ3n) is 2.54. The fraction of sp³-hybridized carbons (Fsp3) is 0.400. The number of amides is 1. The van der Waals surface area contributed by atoms with Crippen LogP contribution in [0.1, 0.15) is 19.8 Å². The molecule has 2 aliphatic rings. The molecule has 0 aromatic carbocycles. The molecule has 1 aliphatic heterocycles. The molecule has 1 unspecified atom stereocenters. The summed E-state index contributed by atoms with van der Waals surface area (Å²) in [5, 5.41) is 2.72. The first-order valence-electron chi connectivity index (χ1n) is 4.35. The van der Waals surface area contributed by atoms with Crippen LogP contribution >= 0.6 is 0 Å². The first kappa shape index (κ1) is 8.23. The zero-order valence-corrected chi connectivity index (χ0v) is 7.46. The lowest BCUT2D eigenvalue weighted by Crippen LogP contribution is -2.47. The Morgan fingerprint density at radius 3 is 2.77 bits per heavy atom. The summed E-state index contributed by atoms with van der Waals surface area (Å²) in [7, 11) is 0. The van der Waals surface area contributed by atoms with Gasteiger partial charge in [-0.05, 0) is 25.0 Å². The summed E-state index contributed by atoms with van der Waals surface area (Å²) in [6.07, 6.45) is 6.31. The smallest absolute Gasteiger partial charge is 0.221 e. The molecule has 2 rings (SSSR count). The molecule has 1 heterocycles. The van der Waals surface area contributed by atoms with E-state index in [1.165, 1.54) is 0 Å². The number of ketones is 1. The van der Waals surface area contributed by atoms with Gasteiger partial charge in [0.25, 0.3) is 0 Å². The van der Waals surface area contributed by atoms with Gasteiger partial charge >= 0.3 is 0 Å². The zero-order chi connectivity index (χ0) is 9.47. The van der Waals surface area contributed by atoms with Gasteiger partial charge in [0.1, 0.15) is 5.54 Å². The zero-order valence-electron chi connectivity index (χ0n) is 7.46. The predicted octanol–water partition coefficient (Wildman–Crippen LogP) is 0.720. The highest BCUT2D eigenvalue weighted by molar-refractivity contribution is 6.05. The summed E-state index contributed by atoms with van der Waals surface area (Å²) in [6, 6.07) is 0. The number of nitrogens with one attached hydrogen (secondary N) is 1. The summed E-state index contributed by atoms with van der Waals surface area (Å²) in [6.45, 7) is 1.87. The molecule has 13 heavy (non-hydrogen) atoms. The van der Waals surface area contributed by atoms with Crippen LogP contribution in [0.3, 0.4) is 0 Å². The number of carbonyl (C=O) groups excluding carboxylic acids is 2. The van der Waals surface area contributed by atoms with Crippen LogP contribution in [-0.2, 0) is 9.59 Å². The second kappa shape index (κ2) is 2.55. The molecule has 3 nitrogen and oxygen atoms in total. The number of hydrogen-bond donors (Lipinski definition) is 1. The molecule has 1 spiro atoms. The van der Waals surface area contributed by atoms with Crippen molar-refractivity contribution < 1.29 is 9.59 Å². The second-order valence-corrected chi connectivity index (χ2v) is 3.61. The van der Waals surface area contributed by atoms with E-state index in [1.807, 2.05) is 13.0 Å². The van der Waals surface area contributed by atoms with Crippen molar-refractivity contribution in [1.29, 1.82) is 0 Å². The molecule has 1 aliphatic carbocycles. The van der Waals surface area contributed by atoms with E-state index in [2.05, 4.69) is 5.32 Å². The average Bonchev–Trinajstić information content (AvgIpc) is 2.43. The second-order valence-electron chi connectivity index (χ2n) is 3.61. The van der Waals surface area contributed by atoms with E-state index < -0.39 is 5.54 Å². The third kappa shape index (κ3) is 1.20. The van der Waals surface area contributed by atoms with E-state index in [0.717, 1.165) is 5.57 Å². The van der Waals surface area contributed by atoms with Crippen LogP contribution in [0.25, 0.3) is 0 Å². The standard InChI is InChI=1S/C10H11NO2/c1-7-2-4-10(8(12)6-7)5-3-9(13)11-10/h2,4,6H,3,5H2,1H3,(H,11,13). The minimum Gasteiger partial charge on any atom is -0.340 e. The van der Waals surface area contributed by atoms with Gasteiger partial charge in [0.2, 0.25) is 5.91 Å². The lowest BCUT2D eigenvalue weighted by molar-refractivity contribution is -0.124. The molecule has 1 amide bonds. The first-order chi connectivity index (χ1) is 6.12. The van der Waals surface area contributed by atoms with Crippen molar-refractivity contribution in [2.24, 2.45) is 0 Å². The average molecular weight is 177 g/mol. The Morgan fingerprint density at radius 1 is 1.46 bits per heavy atom. The molecule has 3 heteroatoms. The van der Waals surface area contributed by atoms with E-state index in [9.17, 15) is 9.59 Å². The predicted molar refractivity (Wildman–Crippen MR) is 48.0 cm³/mol. The molecule has 1 saturated heterocycles. The van der Waals surface area contributed by atoms with Crippen LogP contribution in [-0.4, -0.2) is 17.2 Å². The minimum atomic E-state index is -0.712. The first-order valence-corrected chi connectivity index (χ1v) is 4.35. The molecule has 1 atom stereocenters. The Kier molecular flexibility index (Phi) is 1.62. The summed E-state index contributed by atoms with van der Waals surface area (Å²) < 4.78 is 0. The molecule has 1 fully saturated rings. The highest BCUT2D eigenvalue weighted by Gasteiger charge is 2.41. The van der Waals surface area contributed by atoms with Gasteiger partial charge in [-0.25, -0.2) is 0 Å². The SMILES string of the molecule is CC1=CC(=O)C2(C=C1)CCC(=O)N2. The van der Waals surface area contributed by atoms with Gasteiger partial charge in [-0.1, -0.05) is 12.2 Å². The normalized spacial score (nSPS) is 32.2. The molecule has 0 aromatic rings. The molecular weight excluding hydrogens is 166 g/mol. The van der Waals surface area contributed by atoms with Crippen molar-refractivity contribution in [3.63, 3.8) is 0 Å². The Labute approximate surface area is 76.5 Å². The number of allylic oxidation sites excluding steroid dienone is 2. The van der Waals surface area contributed by atoms with Crippen molar-refractivity contribution in [3.8, 4) is 0 Å². The van der Waals surface area contributed by atoms with Gasteiger partial charge in [0.15, 0.2) is 5.78 Å². The Balaban J connectivity index is 2.32. The highest BCUT2D eigenvalue weighted by atomic mass is 16.2. The lowest BCUT2D eigenvalue weighted by Gasteiger charge is -2.24. The number of rotatable bonds is 0. The van der Waals surface area contributed by atoms with Crippen molar-refractivity contribution in [2.75, 3.05) is 0 Å². The summed E-state index contributed by atoms with van der Waals surface area (Å²) in [5.74, 6) is -0.0377. The van der Waals surface area contributed by atoms with Crippen molar-refractivity contribution >= 4 is 11.7 Å². The van der Waals surface area contributed by atoms with Gasteiger partial charge in [-0.3, -0.25) is 9.59 Å². The topological polar surface area (TPSA) is 46.2 Å². The van der Waals surface area contributed by atoms with Gasteiger partial charge < -0.3 is 5.32 Å². The van der Waals surface area contributed by atoms with E-state index in [1.54, 1.807) is 12.2 Å². The number of carbonyl (C=O) groups is 2. The maximum Gasteiger partial charge on any atom is 0.221 e. The van der Waals surface area contributed by atoms with E-state index in [0.29, 0.717) is 12.8 Å². The van der Waals surface area contributed by atoms with Crippen molar-refractivity contribution in [1.82, 2.24) is 5.32 Å². The van der Waals surface area contributed by atoms with E-state index >= 15 is 0 Å². The largest absolute Gasteiger partial charge is 0.340 e. The Morgan fingerprint density at radius 2 is 2.23 bits per heavy atom. The van der Waals surface area contributed by atoms with E-state index in [4.69, 9.17) is 0 Å². The summed E-state index contributed by atoms with van der Waals surface area (Å²) in [5.41, 5.74) is 0.230. The number of hydrogen-bond acceptors (Lipinski definition) is 2. The van der Waals surface area contributed by atoms with Crippen LogP contribution in [0.15, 0.2) is 23.8 Å². The van der Waals surface area contributed by atoms with Crippen molar-refractivity contribution in [3.05, 3.63) is 23.8 Å². The van der Waals surface area contributed by atoms with Crippen molar-refractivity contribution in [2.45, 2.75) is 25.3 Å². The van der Waals surface area contributed by atoms with Crippen LogP contribution in [0.4, 0.5) is 0 Å². The summed E-state index contributed by atoms with van der Waals surface area (Å²) in [4.78, 5) is 22.7. The Bertz CT molecular complexity index is 341. The molecular formula is C10H11NO2. The van der Waals surface area contributed by atoms with Gasteiger partial charge in [-0.15, -0.1) is 0 Å². The summed E-state index contributed by atoms with van der Waals surface area (Å²) >= 11 is 0. The highest BCUT2D eigenvalue weighted by Crippen LogP contribution is 2.27. The Hall–Kier alpha value is -1.38. The monoisotopic (exact) mass is 177 g/mol. The van der Waals surface area contributed by atoms with Crippen LogP contribution in [0.2, 0.25) is 0 Å². The molecule has 0 radical (unpaired) electrons. The third-order valence-corrected chi connectivity index (χ3v) is 2.54. The fourth-order valence-electron chi connectivity index (χ4n) is 1.73. The van der Waals surface area contributed by atoms with Gasteiger partial charge in [0.05, 0.1) is 0 Å². The quantitative estimate of drug-likeness (QED) is 0.592. The maximum absolute atomic E-state index is 11.6. The lowest BCUT2D eigenvalue weighted by atomic mass is 9.86. The van der Waals surface area contributed by atoms with Crippen LogP contribution in [0, 0.1) is 0 Å². The molecule has 1 N–H and O–H groups in total. The molecule has 0 saturated carbocycles.